The predicted octanol–water partition coefficient (Wildman–Crippen LogP) is 5.24. The van der Waals surface area contributed by atoms with Crippen LogP contribution < -0.4 is 0 Å². The van der Waals surface area contributed by atoms with E-state index in [-0.39, 0.29) is 0 Å². The summed E-state index contributed by atoms with van der Waals surface area (Å²) in [6.07, 6.45) is 0. The maximum atomic E-state index is 6.01. The standard InChI is InChI=1S/C15H11BrCl2N2/c16-11-3-1-10(2-4-11)9-20-14-6-5-12(18)7-13(14)19-15(20)8-17/h1-7H,8-9H2. The number of imidazole rings is 1. The molecule has 0 bridgehead atoms. The van der Waals surface area contributed by atoms with Crippen LogP contribution in [0.25, 0.3) is 11.0 Å². The molecule has 3 aromatic rings. The van der Waals surface area contributed by atoms with Crippen molar-refractivity contribution in [2.45, 2.75) is 12.4 Å². The van der Waals surface area contributed by atoms with E-state index in [9.17, 15) is 0 Å². The fourth-order valence-corrected chi connectivity index (χ4v) is 2.84. The van der Waals surface area contributed by atoms with E-state index in [1.165, 1.54) is 5.56 Å². The molecule has 0 radical (unpaired) electrons. The molecule has 0 N–H and O–H groups in total. The number of fused-ring (bicyclic) bond motifs is 1. The smallest absolute Gasteiger partial charge is 0.125 e. The molecule has 0 saturated heterocycles. The van der Waals surface area contributed by atoms with E-state index in [1.807, 2.05) is 30.3 Å². The molecule has 0 aliphatic rings. The zero-order chi connectivity index (χ0) is 14.1. The predicted molar refractivity (Wildman–Crippen MR) is 87.5 cm³/mol. The van der Waals surface area contributed by atoms with Gasteiger partial charge in [-0.25, -0.2) is 4.98 Å². The molecule has 20 heavy (non-hydrogen) atoms. The zero-order valence-electron chi connectivity index (χ0n) is 10.5. The van der Waals surface area contributed by atoms with Gasteiger partial charge in [0.05, 0.1) is 16.9 Å². The van der Waals surface area contributed by atoms with Crippen LogP contribution >= 0.6 is 39.1 Å². The third-order valence-electron chi connectivity index (χ3n) is 3.16. The van der Waals surface area contributed by atoms with Crippen LogP contribution in [0.15, 0.2) is 46.9 Å². The van der Waals surface area contributed by atoms with E-state index in [4.69, 9.17) is 23.2 Å². The monoisotopic (exact) mass is 368 g/mol. The van der Waals surface area contributed by atoms with Crippen LogP contribution in [0.5, 0.6) is 0 Å². The largest absolute Gasteiger partial charge is 0.322 e. The number of halogens is 3. The Hall–Kier alpha value is -1.03. The van der Waals surface area contributed by atoms with Gasteiger partial charge in [-0.2, -0.15) is 0 Å². The van der Waals surface area contributed by atoms with Crippen molar-refractivity contribution in [3.63, 3.8) is 0 Å². The Morgan fingerprint density at radius 1 is 1.10 bits per heavy atom. The summed E-state index contributed by atoms with van der Waals surface area (Å²) in [7, 11) is 0. The van der Waals surface area contributed by atoms with Gasteiger partial charge in [0, 0.05) is 16.0 Å². The lowest BCUT2D eigenvalue weighted by molar-refractivity contribution is 0.778. The van der Waals surface area contributed by atoms with E-state index >= 15 is 0 Å². The van der Waals surface area contributed by atoms with Crippen LogP contribution in [0.4, 0.5) is 0 Å². The number of alkyl halides is 1. The zero-order valence-corrected chi connectivity index (χ0v) is 13.6. The average Bonchev–Trinajstić information content (AvgIpc) is 2.78. The summed E-state index contributed by atoms with van der Waals surface area (Å²) in [5.41, 5.74) is 3.13. The maximum absolute atomic E-state index is 6.01. The van der Waals surface area contributed by atoms with Crippen LogP contribution in [-0.2, 0) is 12.4 Å². The molecule has 3 rings (SSSR count). The minimum absolute atomic E-state index is 0.378. The average molecular weight is 370 g/mol. The molecule has 0 atom stereocenters. The SMILES string of the molecule is ClCc1nc2cc(Cl)ccc2n1Cc1ccc(Br)cc1. The Bertz CT molecular complexity index is 750. The second-order valence-corrected chi connectivity index (χ2v) is 6.13. The summed E-state index contributed by atoms with van der Waals surface area (Å²) in [4.78, 5) is 4.54. The molecule has 0 aliphatic heterocycles. The van der Waals surface area contributed by atoms with Gasteiger partial charge >= 0.3 is 0 Å². The van der Waals surface area contributed by atoms with Crippen LogP contribution in [-0.4, -0.2) is 9.55 Å². The number of hydrogen-bond acceptors (Lipinski definition) is 1. The van der Waals surface area contributed by atoms with Crippen LogP contribution in [0.3, 0.4) is 0 Å². The van der Waals surface area contributed by atoms with Gasteiger partial charge in [-0.15, -0.1) is 11.6 Å². The van der Waals surface area contributed by atoms with E-state index in [2.05, 4.69) is 37.6 Å². The van der Waals surface area contributed by atoms with E-state index < -0.39 is 0 Å². The molecule has 0 spiro atoms. The molecular formula is C15H11BrCl2N2. The van der Waals surface area contributed by atoms with Gasteiger partial charge in [-0.05, 0) is 35.9 Å². The third-order valence-corrected chi connectivity index (χ3v) is 4.17. The molecule has 0 aliphatic carbocycles. The second-order valence-electron chi connectivity index (χ2n) is 4.51. The molecule has 2 nitrogen and oxygen atoms in total. The van der Waals surface area contributed by atoms with Crippen LogP contribution in [0.1, 0.15) is 11.4 Å². The fourth-order valence-electron chi connectivity index (χ4n) is 2.20. The number of aromatic nitrogens is 2. The highest BCUT2D eigenvalue weighted by molar-refractivity contribution is 9.10. The van der Waals surface area contributed by atoms with Gasteiger partial charge in [0.1, 0.15) is 5.82 Å². The first-order valence-electron chi connectivity index (χ1n) is 6.12. The molecule has 0 saturated carbocycles. The number of rotatable bonds is 3. The van der Waals surface area contributed by atoms with Crippen molar-refractivity contribution in [2.75, 3.05) is 0 Å². The van der Waals surface area contributed by atoms with Crippen LogP contribution in [0, 0.1) is 0 Å². The fraction of sp³-hybridized carbons (Fsp3) is 0.133. The summed E-state index contributed by atoms with van der Waals surface area (Å²) >= 11 is 15.5. The van der Waals surface area contributed by atoms with Crippen molar-refractivity contribution in [3.8, 4) is 0 Å². The summed E-state index contributed by atoms with van der Waals surface area (Å²) in [6.45, 7) is 0.744. The molecule has 0 unspecified atom stereocenters. The van der Waals surface area contributed by atoms with Gasteiger partial charge in [0.15, 0.2) is 0 Å². The van der Waals surface area contributed by atoms with Gasteiger partial charge in [-0.3, -0.25) is 0 Å². The normalized spacial score (nSPS) is 11.2. The lowest BCUT2D eigenvalue weighted by Gasteiger charge is -2.08. The van der Waals surface area contributed by atoms with Gasteiger partial charge in [-0.1, -0.05) is 39.7 Å². The Balaban J connectivity index is 2.07. The molecular weight excluding hydrogens is 359 g/mol. The highest BCUT2D eigenvalue weighted by Gasteiger charge is 2.10. The van der Waals surface area contributed by atoms with Gasteiger partial charge in [0.2, 0.25) is 0 Å². The minimum Gasteiger partial charge on any atom is -0.322 e. The van der Waals surface area contributed by atoms with E-state index in [1.54, 1.807) is 0 Å². The lowest BCUT2D eigenvalue weighted by atomic mass is 10.2. The Kier molecular flexibility index (Phi) is 4.01. The number of hydrogen-bond donors (Lipinski definition) is 0. The number of benzene rings is 2. The van der Waals surface area contributed by atoms with E-state index in [0.717, 1.165) is 27.9 Å². The van der Waals surface area contributed by atoms with Crippen molar-refractivity contribution >= 4 is 50.2 Å². The summed E-state index contributed by atoms with van der Waals surface area (Å²) in [6, 6.07) is 14.0. The van der Waals surface area contributed by atoms with Crippen molar-refractivity contribution < 1.29 is 0 Å². The lowest BCUT2D eigenvalue weighted by Crippen LogP contribution is -2.03. The highest BCUT2D eigenvalue weighted by atomic mass is 79.9. The van der Waals surface area contributed by atoms with Crippen molar-refractivity contribution in [2.24, 2.45) is 0 Å². The molecule has 1 aromatic heterocycles. The second kappa shape index (κ2) is 5.76. The molecule has 0 fully saturated rings. The van der Waals surface area contributed by atoms with Crippen molar-refractivity contribution in [1.82, 2.24) is 9.55 Å². The Labute approximate surface area is 135 Å². The first-order chi connectivity index (χ1) is 9.67. The first kappa shape index (κ1) is 13.9. The topological polar surface area (TPSA) is 17.8 Å². The summed E-state index contributed by atoms with van der Waals surface area (Å²) in [5, 5.41) is 0.687. The summed E-state index contributed by atoms with van der Waals surface area (Å²) < 4.78 is 3.20. The van der Waals surface area contributed by atoms with E-state index in [0.29, 0.717) is 10.9 Å². The molecule has 2 aromatic carbocycles. The van der Waals surface area contributed by atoms with Crippen LogP contribution in [0.2, 0.25) is 5.02 Å². The molecule has 5 heteroatoms. The Morgan fingerprint density at radius 2 is 1.85 bits per heavy atom. The number of nitrogens with zero attached hydrogens (tertiary/aromatic N) is 2. The van der Waals surface area contributed by atoms with Gasteiger partial charge in [0.25, 0.3) is 0 Å². The summed E-state index contributed by atoms with van der Waals surface area (Å²) in [5.74, 6) is 1.23. The third kappa shape index (κ3) is 2.71. The Morgan fingerprint density at radius 3 is 2.55 bits per heavy atom. The highest BCUT2D eigenvalue weighted by Crippen LogP contribution is 2.23. The van der Waals surface area contributed by atoms with Crippen molar-refractivity contribution in [1.29, 1.82) is 0 Å². The molecule has 102 valence electrons. The first-order valence-corrected chi connectivity index (χ1v) is 7.83. The van der Waals surface area contributed by atoms with Gasteiger partial charge < -0.3 is 4.57 Å². The minimum atomic E-state index is 0.378. The maximum Gasteiger partial charge on any atom is 0.125 e. The quantitative estimate of drug-likeness (QED) is 0.577. The van der Waals surface area contributed by atoms with Crippen molar-refractivity contribution in [3.05, 3.63) is 63.3 Å². The molecule has 1 heterocycles. The molecule has 0 amide bonds.